The molecule has 2 aromatic heterocycles. The quantitative estimate of drug-likeness (QED) is 0.411. The Morgan fingerprint density at radius 2 is 1.79 bits per heavy atom. The lowest BCUT2D eigenvalue weighted by Crippen LogP contribution is -2.14. The van der Waals surface area contributed by atoms with Gasteiger partial charge in [0.2, 0.25) is 5.88 Å². The van der Waals surface area contributed by atoms with E-state index >= 15 is 0 Å². The Morgan fingerprint density at radius 3 is 2.46 bits per heavy atom. The summed E-state index contributed by atoms with van der Waals surface area (Å²) < 4.78 is 7.74. The molecule has 6 nitrogen and oxygen atoms in total. The molecule has 0 bridgehead atoms. The zero-order valence-electron chi connectivity index (χ0n) is 15.8. The number of rotatable bonds is 5. The standard InChI is InChI=1S/C22H21N5O/c1-14-8-10-16(11-9-14)13-28-22-19(20(23)24)12-18-15(2)26-27(21(18)25-22)17-6-4-3-5-7-17/h3-12H,13H2,1-2H3,(H3,23,24). The summed E-state index contributed by atoms with van der Waals surface area (Å²) in [6.45, 7) is 4.30. The topological polar surface area (TPSA) is 89.8 Å². The maximum atomic E-state index is 7.93. The first kappa shape index (κ1) is 17.7. The van der Waals surface area contributed by atoms with Crippen LogP contribution < -0.4 is 10.5 Å². The molecule has 2 aromatic carbocycles. The van der Waals surface area contributed by atoms with Crippen LogP contribution in [-0.4, -0.2) is 20.6 Å². The van der Waals surface area contributed by atoms with E-state index in [0.717, 1.165) is 22.3 Å². The Hall–Kier alpha value is -3.67. The van der Waals surface area contributed by atoms with Crippen LogP contribution in [0.4, 0.5) is 0 Å². The van der Waals surface area contributed by atoms with Crippen LogP contribution in [0.2, 0.25) is 0 Å². The van der Waals surface area contributed by atoms with Crippen LogP contribution in [0.15, 0.2) is 60.7 Å². The summed E-state index contributed by atoms with van der Waals surface area (Å²) in [5.74, 6) is 0.248. The van der Waals surface area contributed by atoms with Crippen molar-refractivity contribution in [3.63, 3.8) is 0 Å². The Morgan fingerprint density at radius 1 is 1.07 bits per heavy atom. The van der Waals surface area contributed by atoms with Gasteiger partial charge in [0, 0.05) is 5.39 Å². The van der Waals surface area contributed by atoms with Crippen molar-refractivity contribution in [3.05, 3.63) is 83.0 Å². The first-order valence-electron chi connectivity index (χ1n) is 9.01. The average molecular weight is 371 g/mol. The number of pyridine rings is 1. The zero-order valence-corrected chi connectivity index (χ0v) is 15.8. The van der Waals surface area contributed by atoms with Crippen LogP contribution >= 0.6 is 0 Å². The average Bonchev–Trinajstić information content (AvgIpc) is 3.03. The van der Waals surface area contributed by atoms with E-state index in [9.17, 15) is 0 Å². The summed E-state index contributed by atoms with van der Waals surface area (Å²) in [5, 5.41) is 13.4. The van der Waals surface area contributed by atoms with Crippen molar-refractivity contribution in [3.8, 4) is 11.6 Å². The Bertz CT molecular complexity index is 1150. The second kappa shape index (κ2) is 7.15. The number of aromatic nitrogens is 3. The number of fused-ring (bicyclic) bond motifs is 1. The molecule has 0 fully saturated rings. The fourth-order valence-corrected chi connectivity index (χ4v) is 3.05. The molecule has 0 unspecified atom stereocenters. The predicted octanol–water partition coefficient (Wildman–Crippen LogP) is 3.90. The van der Waals surface area contributed by atoms with Gasteiger partial charge in [-0.25, -0.2) is 4.68 Å². The molecule has 0 aliphatic carbocycles. The Balaban J connectivity index is 1.78. The number of nitrogens with one attached hydrogen (secondary N) is 1. The lowest BCUT2D eigenvalue weighted by Gasteiger charge is -2.11. The van der Waals surface area contributed by atoms with E-state index in [1.54, 1.807) is 4.68 Å². The van der Waals surface area contributed by atoms with Crippen LogP contribution in [0.25, 0.3) is 16.7 Å². The van der Waals surface area contributed by atoms with Gasteiger partial charge in [-0.15, -0.1) is 0 Å². The number of aryl methyl sites for hydroxylation is 2. The molecule has 3 N–H and O–H groups in total. The fraction of sp³-hybridized carbons (Fsp3) is 0.136. The molecule has 0 spiro atoms. The van der Waals surface area contributed by atoms with Crippen LogP contribution in [0.5, 0.6) is 5.88 Å². The van der Waals surface area contributed by atoms with Gasteiger partial charge in [0.1, 0.15) is 12.4 Å². The monoisotopic (exact) mass is 371 g/mol. The summed E-state index contributed by atoms with van der Waals surface area (Å²) >= 11 is 0. The number of amidine groups is 1. The highest BCUT2D eigenvalue weighted by Gasteiger charge is 2.17. The first-order chi connectivity index (χ1) is 13.5. The summed E-state index contributed by atoms with van der Waals surface area (Å²) in [5.41, 5.74) is 10.9. The largest absolute Gasteiger partial charge is 0.472 e. The highest BCUT2D eigenvalue weighted by molar-refractivity contribution is 6.00. The molecule has 4 aromatic rings. The third-order valence-electron chi connectivity index (χ3n) is 4.59. The van der Waals surface area contributed by atoms with Crippen molar-refractivity contribution in [2.24, 2.45) is 5.73 Å². The van der Waals surface area contributed by atoms with Gasteiger partial charge >= 0.3 is 0 Å². The van der Waals surface area contributed by atoms with Gasteiger partial charge in [-0.05, 0) is 37.6 Å². The number of hydrogen-bond donors (Lipinski definition) is 2. The summed E-state index contributed by atoms with van der Waals surface area (Å²) in [7, 11) is 0. The molecule has 0 aliphatic heterocycles. The molecule has 2 heterocycles. The molecule has 4 rings (SSSR count). The van der Waals surface area contributed by atoms with Gasteiger partial charge in [-0.3, -0.25) is 5.41 Å². The minimum Gasteiger partial charge on any atom is -0.472 e. The van der Waals surface area contributed by atoms with Gasteiger partial charge in [0.15, 0.2) is 5.65 Å². The Labute approximate surface area is 163 Å². The maximum Gasteiger partial charge on any atom is 0.226 e. The molecule has 28 heavy (non-hydrogen) atoms. The highest BCUT2D eigenvalue weighted by Crippen LogP contribution is 2.27. The number of nitrogens with two attached hydrogens (primary N) is 1. The third-order valence-corrected chi connectivity index (χ3v) is 4.59. The van der Waals surface area contributed by atoms with Crippen molar-refractivity contribution in [2.45, 2.75) is 20.5 Å². The predicted molar refractivity (Wildman–Crippen MR) is 110 cm³/mol. The molecule has 0 saturated heterocycles. The molecule has 0 saturated carbocycles. The van der Waals surface area contributed by atoms with E-state index in [2.05, 4.69) is 10.1 Å². The second-order valence-electron chi connectivity index (χ2n) is 6.73. The fourth-order valence-electron chi connectivity index (χ4n) is 3.05. The molecule has 0 aliphatic rings. The highest BCUT2D eigenvalue weighted by atomic mass is 16.5. The van der Waals surface area contributed by atoms with Crippen LogP contribution in [0.1, 0.15) is 22.4 Å². The van der Waals surface area contributed by atoms with E-state index in [4.69, 9.17) is 15.9 Å². The van der Waals surface area contributed by atoms with Crippen molar-refractivity contribution < 1.29 is 4.74 Å². The van der Waals surface area contributed by atoms with Crippen molar-refractivity contribution in [1.82, 2.24) is 14.8 Å². The lowest BCUT2D eigenvalue weighted by atomic mass is 10.1. The first-order valence-corrected chi connectivity index (χ1v) is 9.01. The van der Waals surface area contributed by atoms with Gasteiger partial charge in [0.25, 0.3) is 0 Å². The molecule has 0 amide bonds. The third kappa shape index (κ3) is 3.32. The van der Waals surface area contributed by atoms with E-state index in [-0.39, 0.29) is 5.84 Å². The summed E-state index contributed by atoms with van der Waals surface area (Å²) in [6, 6.07) is 19.7. The summed E-state index contributed by atoms with van der Waals surface area (Å²) in [4.78, 5) is 4.68. The molecular weight excluding hydrogens is 350 g/mol. The van der Waals surface area contributed by atoms with Gasteiger partial charge in [-0.1, -0.05) is 48.0 Å². The van der Waals surface area contributed by atoms with Crippen molar-refractivity contribution in [1.29, 1.82) is 5.41 Å². The SMILES string of the molecule is Cc1ccc(COc2nc3c(cc2C(=N)N)c(C)nn3-c2ccccc2)cc1. The minimum atomic E-state index is -0.0832. The van der Waals surface area contributed by atoms with Crippen LogP contribution in [-0.2, 0) is 6.61 Å². The lowest BCUT2D eigenvalue weighted by molar-refractivity contribution is 0.294. The van der Waals surface area contributed by atoms with Crippen molar-refractivity contribution in [2.75, 3.05) is 0 Å². The number of nitrogens with zero attached hydrogens (tertiary/aromatic N) is 3. The number of ether oxygens (including phenoxy) is 1. The minimum absolute atomic E-state index is 0.0832. The van der Waals surface area contributed by atoms with Crippen LogP contribution in [0.3, 0.4) is 0 Å². The summed E-state index contributed by atoms with van der Waals surface area (Å²) in [6.07, 6.45) is 0. The number of para-hydroxylation sites is 1. The number of benzene rings is 2. The smallest absolute Gasteiger partial charge is 0.226 e. The van der Waals surface area contributed by atoms with E-state index in [1.807, 2.05) is 74.5 Å². The van der Waals surface area contributed by atoms with Crippen molar-refractivity contribution >= 4 is 16.9 Å². The van der Waals surface area contributed by atoms with Gasteiger partial charge < -0.3 is 10.5 Å². The molecular formula is C22H21N5O. The zero-order chi connectivity index (χ0) is 19.7. The van der Waals surface area contributed by atoms with E-state index in [0.29, 0.717) is 23.7 Å². The number of hydrogen-bond acceptors (Lipinski definition) is 4. The molecule has 0 atom stereocenters. The molecule has 0 radical (unpaired) electrons. The van der Waals surface area contributed by atoms with E-state index < -0.39 is 0 Å². The second-order valence-corrected chi connectivity index (χ2v) is 6.73. The maximum absolute atomic E-state index is 7.93. The van der Waals surface area contributed by atoms with Crippen LogP contribution in [0, 0.1) is 19.3 Å². The van der Waals surface area contributed by atoms with E-state index in [1.165, 1.54) is 5.56 Å². The molecule has 140 valence electrons. The normalized spacial score (nSPS) is 10.9. The Kier molecular flexibility index (Phi) is 4.53. The molecule has 6 heteroatoms. The van der Waals surface area contributed by atoms with Gasteiger partial charge in [-0.2, -0.15) is 10.1 Å². The number of nitrogen functional groups attached to an aromatic ring is 1. The van der Waals surface area contributed by atoms with Gasteiger partial charge in [0.05, 0.1) is 16.9 Å².